The molecule has 1 unspecified atom stereocenters. The molecule has 3 aromatic rings. The lowest BCUT2D eigenvalue weighted by Crippen LogP contribution is -2.02. The Hall–Kier alpha value is -2.21. The predicted octanol–water partition coefficient (Wildman–Crippen LogP) is 2.64. The lowest BCUT2D eigenvalue weighted by atomic mass is 10.2. The van der Waals surface area contributed by atoms with E-state index < -0.39 is 10.8 Å². The number of halogens is 1. The second-order valence-corrected chi connectivity index (χ2v) is 5.54. The van der Waals surface area contributed by atoms with Gasteiger partial charge < -0.3 is 0 Å². The molecule has 0 fully saturated rings. The third-order valence-electron chi connectivity index (χ3n) is 2.82. The highest BCUT2D eigenvalue weighted by atomic mass is 32.2. The van der Waals surface area contributed by atoms with Crippen molar-refractivity contribution in [2.24, 2.45) is 0 Å². The van der Waals surface area contributed by atoms with Crippen molar-refractivity contribution >= 4 is 21.7 Å². The molecule has 20 heavy (non-hydrogen) atoms. The largest absolute Gasteiger partial charge is 0.255 e. The average molecular weight is 287 g/mol. The van der Waals surface area contributed by atoms with E-state index in [9.17, 15) is 8.60 Å². The molecule has 0 saturated carbocycles. The normalized spacial score (nSPS) is 12.5. The quantitative estimate of drug-likeness (QED) is 0.680. The number of rotatable bonds is 2. The van der Waals surface area contributed by atoms with Gasteiger partial charge in [-0.05, 0) is 37.3 Å². The van der Waals surface area contributed by atoms with Crippen LogP contribution in [0.4, 0.5) is 4.39 Å². The van der Waals surface area contributed by atoms with Gasteiger partial charge in [-0.15, -0.1) is 0 Å². The first-order chi connectivity index (χ1) is 9.66. The van der Waals surface area contributed by atoms with Crippen molar-refractivity contribution in [3.05, 3.63) is 54.2 Å². The second kappa shape index (κ2) is 5.05. The Labute approximate surface area is 117 Å². The van der Waals surface area contributed by atoms with E-state index in [0.29, 0.717) is 15.8 Å². The Morgan fingerprint density at radius 3 is 2.75 bits per heavy atom. The summed E-state index contributed by atoms with van der Waals surface area (Å²) >= 11 is 0. The van der Waals surface area contributed by atoms with E-state index in [0.717, 1.165) is 5.69 Å². The fourth-order valence-electron chi connectivity index (χ4n) is 1.88. The van der Waals surface area contributed by atoms with Crippen LogP contribution in [0, 0.1) is 12.7 Å². The monoisotopic (exact) mass is 287 g/mol. The molecule has 6 heteroatoms. The summed E-state index contributed by atoms with van der Waals surface area (Å²) < 4.78 is 26.3. The van der Waals surface area contributed by atoms with Crippen LogP contribution in [-0.4, -0.2) is 19.2 Å². The zero-order chi connectivity index (χ0) is 14.1. The molecule has 0 radical (unpaired) electrons. The molecule has 3 rings (SSSR count). The zero-order valence-corrected chi connectivity index (χ0v) is 11.4. The molecule has 0 aliphatic carbocycles. The van der Waals surface area contributed by atoms with Gasteiger partial charge in [-0.1, -0.05) is 0 Å². The molecule has 1 atom stereocenters. The third kappa shape index (κ3) is 2.18. The van der Waals surface area contributed by atoms with Gasteiger partial charge in [-0.25, -0.2) is 18.6 Å². The maximum absolute atomic E-state index is 13.7. The molecule has 0 bridgehead atoms. The standard InChI is InChI=1S/C14H10FN3OS/c1-9-6-8-17-14(18-9)20(19)12-5-4-11(15)10-3-2-7-16-13(10)12/h2-8H,1H3. The lowest BCUT2D eigenvalue weighted by Gasteiger charge is -2.05. The van der Waals surface area contributed by atoms with Gasteiger partial charge in [-0.3, -0.25) is 4.98 Å². The first-order valence-electron chi connectivity index (χ1n) is 5.91. The highest BCUT2D eigenvalue weighted by Gasteiger charge is 2.16. The molecule has 0 spiro atoms. The molecule has 0 aliphatic rings. The van der Waals surface area contributed by atoms with Gasteiger partial charge in [0.1, 0.15) is 16.6 Å². The number of pyridine rings is 1. The van der Waals surface area contributed by atoms with Crippen LogP contribution < -0.4 is 0 Å². The van der Waals surface area contributed by atoms with E-state index >= 15 is 0 Å². The van der Waals surface area contributed by atoms with Crippen molar-refractivity contribution in [2.45, 2.75) is 17.0 Å². The maximum atomic E-state index is 13.7. The summed E-state index contributed by atoms with van der Waals surface area (Å²) in [5.41, 5.74) is 1.10. The minimum absolute atomic E-state index is 0.198. The molecule has 1 aromatic carbocycles. The molecule has 2 heterocycles. The second-order valence-electron chi connectivity index (χ2n) is 4.19. The third-order valence-corrected chi connectivity index (χ3v) is 4.07. The Bertz CT molecular complexity index is 822. The van der Waals surface area contributed by atoms with Crippen molar-refractivity contribution in [1.82, 2.24) is 15.0 Å². The SMILES string of the molecule is Cc1ccnc(S(=O)c2ccc(F)c3cccnc23)n1. The van der Waals surface area contributed by atoms with Gasteiger partial charge in [0.25, 0.3) is 0 Å². The zero-order valence-electron chi connectivity index (χ0n) is 10.6. The molecular formula is C14H10FN3OS. The van der Waals surface area contributed by atoms with E-state index in [1.807, 2.05) is 0 Å². The number of nitrogens with zero attached hydrogens (tertiary/aromatic N) is 3. The van der Waals surface area contributed by atoms with Crippen LogP contribution in [0.2, 0.25) is 0 Å². The number of benzene rings is 1. The number of aromatic nitrogens is 3. The summed E-state index contributed by atoms with van der Waals surface area (Å²) in [5.74, 6) is -0.390. The van der Waals surface area contributed by atoms with Gasteiger partial charge in [0.05, 0.1) is 10.4 Å². The first kappa shape index (κ1) is 12.8. The molecule has 0 saturated heterocycles. The van der Waals surface area contributed by atoms with Gasteiger partial charge in [0.2, 0.25) is 5.16 Å². The fraction of sp³-hybridized carbons (Fsp3) is 0.0714. The summed E-state index contributed by atoms with van der Waals surface area (Å²) in [6.45, 7) is 1.80. The molecule has 100 valence electrons. The lowest BCUT2D eigenvalue weighted by molar-refractivity contribution is 0.638. The predicted molar refractivity (Wildman–Crippen MR) is 73.1 cm³/mol. The van der Waals surface area contributed by atoms with Crippen LogP contribution in [0.1, 0.15) is 5.69 Å². The minimum Gasteiger partial charge on any atom is -0.255 e. The van der Waals surface area contributed by atoms with Crippen LogP contribution in [0.15, 0.2) is 52.8 Å². The van der Waals surface area contributed by atoms with Gasteiger partial charge >= 0.3 is 0 Å². The Kier molecular flexibility index (Phi) is 3.23. The van der Waals surface area contributed by atoms with Crippen LogP contribution in [0.25, 0.3) is 10.9 Å². The molecule has 2 aromatic heterocycles. The van der Waals surface area contributed by atoms with Gasteiger partial charge in [-0.2, -0.15) is 0 Å². The summed E-state index contributed by atoms with van der Waals surface area (Å²) in [6, 6.07) is 7.72. The smallest absolute Gasteiger partial charge is 0.223 e. The molecule has 0 aliphatic heterocycles. The molecule has 4 nitrogen and oxygen atoms in total. The van der Waals surface area contributed by atoms with Crippen molar-refractivity contribution in [2.75, 3.05) is 0 Å². The summed E-state index contributed by atoms with van der Waals surface area (Å²) in [6.07, 6.45) is 3.09. The highest BCUT2D eigenvalue weighted by molar-refractivity contribution is 7.85. The minimum atomic E-state index is -1.59. The van der Waals surface area contributed by atoms with Crippen molar-refractivity contribution in [1.29, 1.82) is 0 Å². The van der Waals surface area contributed by atoms with Crippen LogP contribution >= 0.6 is 0 Å². The Morgan fingerprint density at radius 2 is 1.95 bits per heavy atom. The molecular weight excluding hydrogens is 277 g/mol. The number of aryl methyl sites for hydroxylation is 1. The van der Waals surface area contributed by atoms with E-state index in [1.54, 1.807) is 37.5 Å². The van der Waals surface area contributed by atoms with Crippen LogP contribution in [0.3, 0.4) is 0 Å². The topological polar surface area (TPSA) is 55.7 Å². The number of hydrogen-bond acceptors (Lipinski definition) is 4. The Balaban J connectivity index is 2.20. The number of hydrogen-bond donors (Lipinski definition) is 0. The van der Waals surface area contributed by atoms with Gasteiger partial charge in [0.15, 0.2) is 0 Å². The molecule has 0 amide bonds. The van der Waals surface area contributed by atoms with Crippen molar-refractivity contribution < 1.29 is 8.60 Å². The highest BCUT2D eigenvalue weighted by Crippen LogP contribution is 2.24. The van der Waals surface area contributed by atoms with E-state index in [-0.39, 0.29) is 11.0 Å². The molecule has 0 N–H and O–H groups in total. The average Bonchev–Trinajstić information content (AvgIpc) is 2.47. The van der Waals surface area contributed by atoms with Crippen LogP contribution in [0.5, 0.6) is 0 Å². The van der Waals surface area contributed by atoms with Crippen LogP contribution in [-0.2, 0) is 10.8 Å². The van der Waals surface area contributed by atoms with E-state index in [1.165, 1.54) is 12.1 Å². The van der Waals surface area contributed by atoms with Crippen molar-refractivity contribution in [3.63, 3.8) is 0 Å². The fourth-order valence-corrected chi connectivity index (χ4v) is 2.99. The summed E-state index contributed by atoms with van der Waals surface area (Å²) in [7, 11) is -1.59. The van der Waals surface area contributed by atoms with Crippen molar-refractivity contribution in [3.8, 4) is 0 Å². The van der Waals surface area contributed by atoms with E-state index in [4.69, 9.17) is 0 Å². The summed E-state index contributed by atoms with van der Waals surface area (Å²) in [5, 5.41) is 0.537. The van der Waals surface area contributed by atoms with Gasteiger partial charge in [0, 0.05) is 23.5 Å². The number of fused-ring (bicyclic) bond motifs is 1. The van der Waals surface area contributed by atoms with E-state index in [2.05, 4.69) is 15.0 Å². The first-order valence-corrected chi connectivity index (χ1v) is 7.06. The maximum Gasteiger partial charge on any atom is 0.223 e. The summed E-state index contributed by atoms with van der Waals surface area (Å²) in [4.78, 5) is 12.7. The Morgan fingerprint density at radius 1 is 1.10 bits per heavy atom.